The maximum atomic E-state index is 13.8. The van der Waals surface area contributed by atoms with Gasteiger partial charge in [-0.25, -0.2) is 4.79 Å². The number of fused-ring (bicyclic) bond motifs is 1. The van der Waals surface area contributed by atoms with Gasteiger partial charge >= 0.3 is 5.97 Å². The van der Waals surface area contributed by atoms with Crippen LogP contribution < -0.4 is 16.9 Å². The second-order valence-corrected chi connectivity index (χ2v) is 10.2. The zero-order chi connectivity index (χ0) is 26.0. The van der Waals surface area contributed by atoms with Crippen molar-refractivity contribution in [2.75, 3.05) is 17.3 Å². The molecular weight excluding hydrogens is 516 g/mol. The monoisotopic (exact) mass is 538 g/mol. The van der Waals surface area contributed by atoms with Gasteiger partial charge in [-0.3, -0.25) is 20.2 Å². The van der Waals surface area contributed by atoms with E-state index in [0.717, 1.165) is 15.9 Å². The summed E-state index contributed by atoms with van der Waals surface area (Å²) in [5, 5.41) is 13.0. The number of carbonyl (C=O) groups excluding carboxylic acids is 3. The Hall–Kier alpha value is -3.88. The van der Waals surface area contributed by atoms with Crippen LogP contribution in [0.5, 0.6) is 0 Å². The number of tetrazole rings is 1. The molecule has 3 aromatic rings. The first kappa shape index (κ1) is 24.8. The Bertz CT molecular complexity index is 1310. The van der Waals surface area contributed by atoms with Gasteiger partial charge in [0.2, 0.25) is 17.2 Å². The minimum atomic E-state index is -1.61. The van der Waals surface area contributed by atoms with Gasteiger partial charge in [-0.05, 0) is 27.1 Å². The van der Waals surface area contributed by atoms with Crippen LogP contribution in [0.15, 0.2) is 77.1 Å². The fourth-order valence-corrected chi connectivity index (χ4v) is 6.47. The number of rotatable bonds is 9. The molecule has 2 aromatic carbocycles. The molecule has 5 rings (SSSR count). The largest absolute Gasteiger partial charge is 0.448 e. The van der Waals surface area contributed by atoms with Gasteiger partial charge in [0, 0.05) is 11.5 Å². The molecule has 5 N–H and O–H groups in total. The molecular formula is C23H22N8O4S2. The summed E-state index contributed by atoms with van der Waals surface area (Å²) < 4.78 is 6.07. The van der Waals surface area contributed by atoms with Crippen LogP contribution in [0.3, 0.4) is 0 Å². The van der Waals surface area contributed by atoms with Gasteiger partial charge in [0.25, 0.3) is 5.91 Å². The van der Waals surface area contributed by atoms with E-state index < -0.39 is 29.0 Å². The predicted octanol–water partition coefficient (Wildman–Crippen LogP) is 0.382. The number of nitrogen functional groups attached to an aromatic ring is 1. The van der Waals surface area contributed by atoms with Crippen LogP contribution in [-0.4, -0.2) is 66.0 Å². The first-order valence-electron chi connectivity index (χ1n) is 11.1. The zero-order valence-electron chi connectivity index (χ0n) is 19.3. The van der Waals surface area contributed by atoms with Crippen LogP contribution in [0, 0.1) is 0 Å². The highest BCUT2D eigenvalue weighted by molar-refractivity contribution is 8.01. The second-order valence-electron chi connectivity index (χ2n) is 8.22. The summed E-state index contributed by atoms with van der Waals surface area (Å²) >= 11 is 2.55. The molecule has 1 saturated heterocycles. The summed E-state index contributed by atoms with van der Waals surface area (Å²) in [4.78, 5) is 40.4. The SMILES string of the molecule is Nn1nnnc1SCC1=C(C(=O)OC(c2ccccc2)c2ccccc2)N2C(=O)[C@](N)(NC=O)[C@H]2SC1. The number of nitrogens with two attached hydrogens (primary N) is 2. The lowest BCUT2D eigenvalue weighted by Crippen LogP contribution is -2.83. The molecule has 2 atom stereocenters. The Morgan fingerprint density at radius 3 is 2.43 bits per heavy atom. The van der Waals surface area contributed by atoms with Gasteiger partial charge in [0.1, 0.15) is 11.1 Å². The summed E-state index contributed by atoms with van der Waals surface area (Å²) in [5.41, 5.74) is 6.83. The van der Waals surface area contributed by atoms with Crippen molar-refractivity contribution in [3.63, 3.8) is 0 Å². The summed E-state index contributed by atoms with van der Waals surface area (Å²) in [7, 11) is 0. The van der Waals surface area contributed by atoms with Crippen molar-refractivity contribution < 1.29 is 19.1 Å². The molecule has 1 fully saturated rings. The van der Waals surface area contributed by atoms with E-state index >= 15 is 0 Å². The van der Waals surface area contributed by atoms with E-state index in [1.54, 1.807) is 0 Å². The molecule has 0 radical (unpaired) electrons. The van der Waals surface area contributed by atoms with Crippen LogP contribution in [0.1, 0.15) is 17.2 Å². The first-order valence-corrected chi connectivity index (χ1v) is 13.1. The average Bonchev–Trinajstić information content (AvgIpc) is 3.35. The third-order valence-electron chi connectivity index (χ3n) is 5.95. The van der Waals surface area contributed by atoms with E-state index in [2.05, 4.69) is 20.8 Å². The fraction of sp³-hybridized carbons (Fsp3) is 0.217. The van der Waals surface area contributed by atoms with Crippen molar-refractivity contribution in [1.82, 2.24) is 30.5 Å². The van der Waals surface area contributed by atoms with E-state index in [0.29, 0.717) is 22.9 Å². The lowest BCUT2D eigenvalue weighted by atomic mass is 9.96. The summed E-state index contributed by atoms with van der Waals surface area (Å²) in [6, 6.07) is 18.6. The van der Waals surface area contributed by atoms with Gasteiger partial charge in [-0.2, -0.15) is 0 Å². The number of β-lactam (4-membered cyclic amide) rings is 1. The van der Waals surface area contributed by atoms with Gasteiger partial charge in [-0.1, -0.05) is 77.5 Å². The molecule has 1 aromatic heterocycles. The molecule has 0 saturated carbocycles. The number of aromatic nitrogens is 4. The van der Waals surface area contributed by atoms with Gasteiger partial charge < -0.3 is 15.9 Å². The molecule has 0 spiro atoms. The number of esters is 1. The Balaban J connectivity index is 1.50. The quantitative estimate of drug-likeness (QED) is 0.0859. The van der Waals surface area contributed by atoms with Crippen molar-refractivity contribution in [2.45, 2.75) is 22.3 Å². The summed E-state index contributed by atoms with van der Waals surface area (Å²) in [6.45, 7) is 0. The smallest absolute Gasteiger partial charge is 0.356 e. The number of hydrogen-bond donors (Lipinski definition) is 3. The molecule has 2 aliphatic heterocycles. The molecule has 190 valence electrons. The maximum absolute atomic E-state index is 13.8. The predicted molar refractivity (Wildman–Crippen MR) is 136 cm³/mol. The zero-order valence-corrected chi connectivity index (χ0v) is 20.9. The van der Waals surface area contributed by atoms with Crippen LogP contribution in [0.4, 0.5) is 0 Å². The third kappa shape index (κ3) is 4.54. The minimum Gasteiger partial charge on any atom is -0.448 e. The minimum absolute atomic E-state index is 0.0860. The highest BCUT2D eigenvalue weighted by Gasteiger charge is 2.63. The Morgan fingerprint density at radius 1 is 1.22 bits per heavy atom. The molecule has 14 heteroatoms. The Morgan fingerprint density at radius 2 is 1.86 bits per heavy atom. The number of hydrogen-bond acceptors (Lipinski definition) is 11. The third-order valence-corrected chi connectivity index (χ3v) is 8.38. The lowest BCUT2D eigenvalue weighted by Gasteiger charge is -2.55. The van der Waals surface area contributed by atoms with Crippen molar-refractivity contribution in [1.29, 1.82) is 0 Å². The van der Waals surface area contributed by atoms with Crippen molar-refractivity contribution in [3.8, 4) is 0 Å². The van der Waals surface area contributed by atoms with E-state index in [1.165, 1.54) is 28.4 Å². The highest BCUT2D eigenvalue weighted by Crippen LogP contribution is 2.45. The van der Waals surface area contributed by atoms with E-state index in [4.69, 9.17) is 16.3 Å². The fourth-order valence-electron chi connectivity index (χ4n) is 4.15. The highest BCUT2D eigenvalue weighted by atomic mass is 32.2. The number of benzene rings is 2. The van der Waals surface area contributed by atoms with E-state index in [1.807, 2.05) is 60.7 Å². The molecule has 37 heavy (non-hydrogen) atoms. The standard InChI is InChI=1S/C23H22N8O4S2/c24-23(26-13-32)20(34)30-17(16(11-36-21(23)30)12-37-22-27-28-29-31(22)25)19(33)35-18(14-7-3-1-4-8-14)15-9-5-2-6-10-15/h1-10,13,18,21H,11-12,24-25H2,(H,26,32)/t21-,23+/m1/s1. The molecule has 12 nitrogen and oxygen atoms in total. The number of carbonyl (C=O) groups is 3. The Labute approximate surface area is 219 Å². The van der Waals surface area contributed by atoms with Crippen molar-refractivity contribution in [2.24, 2.45) is 5.73 Å². The van der Waals surface area contributed by atoms with E-state index in [9.17, 15) is 14.4 Å². The molecule has 0 bridgehead atoms. The maximum Gasteiger partial charge on any atom is 0.356 e. The van der Waals surface area contributed by atoms with Gasteiger partial charge in [-0.15, -0.1) is 16.6 Å². The molecule has 0 aliphatic carbocycles. The number of thioether (sulfide) groups is 2. The van der Waals surface area contributed by atoms with Gasteiger partial charge in [0.15, 0.2) is 6.10 Å². The molecule has 0 unspecified atom stereocenters. The number of nitrogens with one attached hydrogen (secondary N) is 1. The van der Waals surface area contributed by atoms with Crippen LogP contribution in [-0.2, 0) is 19.1 Å². The van der Waals surface area contributed by atoms with Crippen molar-refractivity contribution >= 4 is 41.8 Å². The topological polar surface area (TPSA) is 171 Å². The number of amides is 2. The first-order chi connectivity index (χ1) is 17.9. The van der Waals surface area contributed by atoms with Crippen LogP contribution >= 0.6 is 23.5 Å². The Kier molecular flexibility index (Phi) is 6.86. The molecule has 2 aliphatic rings. The van der Waals surface area contributed by atoms with Gasteiger partial charge in [0.05, 0.1) is 0 Å². The number of nitrogens with zero attached hydrogens (tertiary/aromatic N) is 5. The van der Waals surface area contributed by atoms with Crippen LogP contribution in [0.25, 0.3) is 0 Å². The average molecular weight is 539 g/mol. The number of ether oxygens (including phenoxy) is 1. The lowest BCUT2D eigenvalue weighted by molar-refractivity contribution is -0.160. The molecule has 3 heterocycles. The van der Waals surface area contributed by atoms with Crippen LogP contribution in [0.2, 0.25) is 0 Å². The molecule has 2 amide bonds. The van der Waals surface area contributed by atoms with E-state index in [-0.39, 0.29) is 11.4 Å². The summed E-state index contributed by atoms with van der Waals surface area (Å²) in [5.74, 6) is 5.06. The van der Waals surface area contributed by atoms with Crippen molar-refractivity contribution in [3.05, 3.63) is 83.1 Å². The second kappa shape index (κ2) is 10.2. The summed E-state index contributed by atoms with van der Waals surface area (Å²) in [6.07, 6.45) is -0.335. The normalized spacial score (nSPS) is 20.9.